The van der Waals surface area contributed by atoms with Crippen molar-refractivity contribution in [2.45, 2.75) is 20.4 Å². The third kappa shape index (κ3) is 1.91. The standard InChI is InChI=1S/C13H13BrClN5/c1-3-19-12-11(7(2)18-19)17-13(16)20(12)10-6-8(14)4-5-9(10)15/h4-6H,3H2,1-2H3,(H2,16,17). The quantitative estimate of drug-likeness (QED) is 0.765. The fourth-order valence-corrected chi connectivity index (χ4v) is 2.85. The first-order chi connectivity index (χ1) is 9.52. The van der Waals surface area contributed by atoms with Gasteiger partial charge in [-0.05, 0) is 32.0 Å². The molecule has 0 aliphatic rings. The van der Waals surface area contributed by atoms with Crippen LogP contribution in [-0.4, -0.2) is 19.3 Å². The van der Waals surface area contributed by atoms with Crippen LogP contribution in [0.5, 0.6) is 0 Å². The predicted molar refractivity (Wildman–Crippen MR) is 84.4 cm³/mol. The van der Waals surface area contributed by atoms with Crippen LogP contribution in [0.3, 0.4) is 0 Å². The Morgan fingerprint density at radius 2 is 2.15 bits per heavy atom. The molecule has 2 N–H and O–H groups in total. The number of anilines is 1. The number of hydrogen-bond acceptors (Lipinski definition) is 3. The van der Waals surface area contributed by atoms with Crippen LogP contribution >= 0.6 is 27.5 Å². The van der Waals surface area contributed by atoms with E-state index in [1.54, 1.807) is 0 Å². The van der Waals surface area contributed by atoms with E-state index in [0.29, 0.717) is 11.0 Å². The number of imidazole rings is 1. The summed E-state index contributed by atoms with van der Waals surface area (Å²) in [5.74, 6) is 0.405. The molecule has 0 aliphatic heterocycles. The first kappa shape index (κ1) is 13.5. The SMILES string of the molecule is CCn1nc(C)c2nc(N)n(-c3cc(Br)ccc3Cl)c21. The summed E-state index contributed by atoms with van der Waals surface area (Å²) in [4.78, 5) is 4.41. The second-order valence-electron chi connectivity index (χ2n) is 4.47. The molecule has 5 nitrogen and oxygen atoms in total. The third-order valence-corrected chi connectivity index (χ3v) is 4.00. The molecule has 20 heavy (non-hydrogen) atoms. The van der Waals surface area contributed by atoms with Crippen LogP contribution in [-0.2, 0) is 6.54 Å². The highest BCUT2D eigenvalue weighted by Crippen LogP contribution is 2.31. The van der Waals surface area contributed by atoms with E-state index >= 15 is 0 Å². The maximum Gasteiger partial charge on any atom is 0.207 e. The van der Waals surface area contributed by atoms with Crippen molar-refractivity contribution in [2.75, 3.05) is 5.73 Å². The molecule has 0 bridgehead atoms. The summed E-state index contributed by atoms with van der Waals surface area (Å²) >= 11 is 9.76. The van der Waals surface area contributed by atoms with Crippen molar-refractivity contribution < 1.29 is 0 Å². The lowest BCUT2D eigenvalue weighted by atomic mass is 10.3. The van der Waals surface area contributed by atoms with Crippen LogP contribution in [0.25, 0.3) is 16.9 Å². The first-order valence-corrected chi connectivity index (χ1v) is 7.36. The number of hydrogen-bond donors (Lipinski definition) is 1. The van der Waals surface area contributed by atoms with Gasteiger partial charge in [0.1, 0.15) is 5.52 Å². The second kappa shape index (κ2) is 4.79. The van der Waals surface area contributed by atoms with Gasteiger partial charge in [0.2, 0.25) is 5.95 Å². The summed E-state index contributed by atoms with van der Waals surface area (Å²) in [6.45, 7) is 4.69. The average molecular weight is 355 g/mol. The first-order valence-electron chi connectivity index (χ1n) is 6.19. The number of aromatic nitrogens is 4. The van der Waals surface area contributed by atoms with Crippen molar-refractivity contribution in [3.63, 3.8) is 0 Å². The minimum absolute atomic E-state index is 0.405. The fourth-order valence-electron chi connectivity index (χ4n) is 2.30. The lowest BCUT2D eigenvalue weighted by molar-refractivity contribution is 0.663. The molecule has 0 spiro atoms. The maximum atomic E-state index is 6.31. The van der Waals surface area contributed by atoms with Crippen LogP contribution in [0.2, 0.25) is 5.02 Å². The van der Waals surface area contributed by atoms with Crippen LogP contribution in [0.1, 0.15) is 12.6 Å². The number of benzene rings is 1. The van der Waals surface area contributed by atoms with Crippen molar-refractivity contribution in [1.82, 2.24) is 19.3 Å². The van der Waals surface area contributed by atoms with E-state index in [1.165, 1.54) is 0 Å². The molecule has 0 radical (unpaired) electrons. The Hall–Kier alpha value is -1.53. The van der Waals surface area contributed by atoms with E-state index in [4.69, 9.17) is 17.3 Å². The van der Waals surface area contributed by atoms with E-state index in [9.17, 15) is 0 Å². The number of nitrogens with zero attached hydrogens (tertiary/aromatic N) is 4. The second-order valence-corrected chi connectivity index (χ2v) is 5.80. The number of aryl methyl sites for hydroxylation is 2. The maximum absolute atomic E-state index is 6.31. The summed E-state index contributed by atoms with van der Waals surface area (Å²) < 4.78 is 4.65. The molecule has 0 amide bonds. The Bertz CT molecular complexity index is 805. The van der Waals surface area contributed by atoms with Gasteiger partial charge in [0, 0.05) is 11.0 Å². The Morgan fingerprint density at radius 1 is 1.40 bits per heavy atom. The van der Waals surface area contributed by atoms with Gasteiger partial charge >= 0.3 is 0 Å². The van der Waals surface area contributed by atoms with Crippen LogP contribution in [0.15, 0.2) is 22.7 Å². The van der Waals surface area contributed by atoms with Gasteiger partial charge in [-0.2, -0.15) is 5.10 Å². The molecule has 1 aromatic carbocycles. The average Bonchev–Trinajstić information content (AvgIpc) is 2.90. The molecule has 3 aromatic rings. The highest BCUT2D eigenvalue weighted by molar-refractivity contribution is 9.10. The summed E-state index contributed by atoms with van der Waals surface area (Å²) in [5, 5.41) is 5.08. The van der Waals surface area contributed by atoms with Crippen molar-refractivity contribution in [3.8, 4) is 5.69 Å². The van der Waals surface area contributed by atoms with E-state index in [-0.39, 0.29) is 0 Å². The summed E-state index contributed by atoms with van der Waals surface area (Å²) in [6, 6.07) is 5.63. The van der Waals surface area contributed by atoms with Gasteiger partial charge in [-0.1, -0.05) is 27.5 Å². The molecular weight excluding hydrogens is 342 g/mol. The van der Waals surface area contributed by atoms with E-state index < -0.39 is 0 Å². The normalized spacial score (nSPS) is 11.4. The number of nitrogens with two attached hydrogens (primary N) is 1. The number of nitrogen functional groups attached to an aromatic ring is 1. The van der Waals surface area contributed by atoms with Gasteiger partial charge in [0.25, 0.3) is 0 Å². The Labute approximate surface area is 129 Å². The van der Waals surface area contributed by atoms with Crippen LogP contribution < -0.4 is 5.73 Å². The van der Waals surface area contributed by atoms with Gasteiger partial charge < -0.3 is 5.73 Å². The fraction of sp³-hybridized carbons (Fsp3) is 0.231. The minimum Gasteiger partial charge on any atom is -0.369 e. The molecule has 0 atom stereocenters. The Kier molecular flexibility index (Phi) is 3.22. The molecule has 0 fully saturated rings. The summed E-state index contributed by atoms with van der Waals surface area (Å²) in [5.41, 5.74) is 9.39. The Balaban J connectivity index is 2.41. The van der Waals surface area contributed by atoms with E-state index in [2.05, 4.69) is 26.0 Å². The number of rotatable bonds is 2. The predicted octanol–water partition coefficient (Wildman–Crippen LogP) is 3.55. The van der Waals surface area contributed by atoms with Crippen molar-refractivity contribution in [3.05, 3.63) is 33.4 Å². The molecule has 0 aliphatic carbocycles. The lowest BCUT2D eigenvalue weighted by Crippen LogP contribution is -2.07. The molecule has 0 saturated carbocycles. The molecule has 0 unspecified atom stereocenters. The topological polar surface area (TPSA) is 61.7 Å². The van der Waals surface area contributed by atoms with Gasteiger partial charge in [-0.15, -0.1) is 0 Å². The number of halogens is 2. The molecule has 2 heterocycles. The summed E-state index contributed by atoms with van der Waals surface area (Å²) in [6.07, 6.45) is 0. The monoisotopic (exact) mass is 353 g/mol. The van der Waals surface area contributed by atoms with Gasteiger partial charge in [0.05, 0.1) is 16.4 Å². The number of fused-ring (bicyclic) bond motifs is 1. The van der Waals surface area contributed by atoms with Crippen molar-refractivity contribution in [2.24, 2.45) is 0 Å². The highest BCUT2D eigenvalue weighted by Gasteiger charge is 2.19. The van der Waals surface area contributed by atoms with Crippen molar-refractivity contribution >= 4 is 44.6 Å². The van der Waals surface area contributed by atoms with Gasteiger partial charge in [0.15, 0.2) is 5.65 Å². The van der Waals surface area contributed by atoms with Gasteiger partial charge in [-0.3, -0.25) is 4.57 Å². The molecule has 3 rings (SSSR count). The molecule has 104 valence electrons. The molecular formula is C13H13BrClN5. The van der Waals surface area contributed by atoms with Crippen LogP contribution in [0, 0.1) is 6.92 Å². The molecule has 7 heteroatoms. The highest BCUT2D eigenvalue weighted by atomic mass is 79.9. The molecule has 2 aromatic heterocycles. The zero-order valence-electron chi connectivity index (χ0n) is 11.1. The summed E-state index contributed by atoms with van der Waals surface area (Å²) in [7, 11) is 0. The Morgan fingerprint density at radius 3 is 2.85 bits per heavy atom. The minimum atomic E-state index is 0.405. The van der Waals surface area contributed by atoms with Gasteiger partial charge in [-0.25, -0.2) is 9.67 Å². The van der Waals surface area contributed by atoms with Crippen LogP contribution in [0.4, 0.5) is 5.95 Å². The zero-order chi connectivity index (χ0) is 14.4. The largest absolute Gasteiger partial charge is 0.369 e. The van der Waals surface area contributed by atoms with E-state index in [1.807, 2.05) is 41.3 Å². The molecule has 0 saturated heterocycles. The van der Waals surface area contributed by atoms with E-state index in [0.717, 1.165) is 33.6 Å². The lowest BCUT2D eigenvalue weighted by Gasteiger charge is -2.10. The smallest absolute Gasteiger partial charge is 0.207 e. The zero-order valence-corrected chi connectivity index (χ0v) is 13.4. The third-order valence-electron chi connectivity index (χ3n) is 3.19. The van der Waals surface area contributed by atoms with Crippen molar-refractivity contribution in [1.29, 1.82) is 0 Å².